The Morgan fingerprint density at radius 3 is 2.71 bits per heavy atom. The van der Waals surface area contributed by atoms with Crippen molar-refractivity contribution in [3.8, 4) is 0 Å². The van der Waals surface area contributed by atoms with Gasteiger partial charge in [-0.1, -0.05) is 30.3 Å². The molecule has 0 spiro atoms. The summed E-state index contributed by atoms with van der Waals surface area (Å²) in [6.07, 6.45) is 2.69. The molecule has 5 nitrogen and oxygen atoms in total. The maximum absolute atomic E-state index is 12.5. The molecule has 0 bridgehead atoms. The van der Waals surface area contributed by atoms with Crippen molar-refractivity contribution >= 4 is 11.9 Å². The van der Waals surface area contributed by atoms with Gasteiger partial charge in [0.25, 0.3) is 0 Å². The SMILES string of the molecule is N[C@@H](C(=O)N1CCCC(CCC(=O)O)C1)c1ccccc1. The molecule has 21 heavy (non-hydrogen) atoms. The fourth-order valence-corrected chi connectivity index (χ4v) is 2.83. The highest BCUT2D eigenvalue weighted by Crippen LogP contribution is 2.23. The number of nitrogens with two attached hydrogens (primary N) is 1. The first-order valence-electron chi connectivity index (χ1n) is 7.39. The van der Waals surface area contributed by atoms with Crippen molar-refractivity contribution in [3.05, 3.63) is 35.9 Å². The molecule has 1 aliphatic heterocycles. The topological polar surface area (TPSA) is 83.6 Å². The molecular weight excluding hydrogens is 268 g/mol. The summed E-state index contributed by atoms with van der Waals surface area (Å²) in [4.78, 5) is 24.9. The Labute approximate surface area is 124 Å². The fourth-order valence-electron chi connectivity index (χ4n) is 2.83. The minimum Gasteiger partial charge on any atom is -0.481 e. The molecule has 0 aromatic heterocycles. The highest BCUT2D eigenvalue weighted by atomic mass is 16.4. The van der Waals surface area contributed by atoms with E-state index in [-0.39, 0.29) is 18.2 Å². The Morgan fingerprint density at radius 2 is 2.05 bits per heavy atom. The second-order valence-corrected chi connectivity index (χ2v) is 5.61. The molecule has 0 radical (unpaired) electrons. The van der Waals surface area contributed by atoms with Gasteiger partial charge in [0, 0.05) is 19.5 Å². The highest BCUT2D eigenvalue weighted by Gasteiger charge is 2.27. The molecule has 1 unspecified atom stereocenters. The molecule has 1 aromatic carbocycles. The van der Waals surface area contributed by atoms with Crippen LogP contribution in [-0.2, 0) is 9.59 Å². The number of carboxylic acids is 1. The Bertz CT molecular complexity index is 490. The van der Waals surface area contributed by atoms with Gasteiger partial charge in [-0.3, -0.25) is 9.59 Å². The number of carbonyl (C=O) groups is 2. The second-order valence-electron chi connectivity index (χ2n) is 5.61. The van der Waals surface area contributed by atoms with E-state index >= 15 is 0 Å². The Balaban J connectivity index is 1.94. The van der Waals surface area contributed by atoms with E-state index in [0.717, 1.165) is 18.4 Å². The molecule has 114 valence electrons. The molecular formula is C16H22N2O3. The minimum absolute atomic E-state index is 0.0683. The molecule has 1 heterocycles. The van der Waals surface area contributed by atoms with Crippen LogP contribution in [0.25, 0.3) is 0 Å². The van der Waals surface area contributed by atoms with E-state index < -0.39 is 12.0 Å². The van der Waals surface area contributed by atoms with Gasteiger partial charge in [-0.05, 0) is 30.7 Å². The van der Waals surface area contributed by atoms with Gasteiger partial charge in [-0.2, -0.15) is 0 Å². The summed E-state index contributed by atoms with van der Waals surface area (Å²) in [7, 11) is 0. The predicted molar refractivity (Wildman–Crippen MR) is 79.5 cm³/mol. The maximum atomic E-state index is 12.5. The predicted octanol–water partition coefficient (Wildman–Crippen LogP) is 1.79. The zero-order valence-corrected chi connectivity index (χ0v) is 12.1. The van der Waals surface area contributed by atoms with Gasteiger partial charge in [0.15, 0.2) is 0 Å². The average molecular weight is 290 g/mol. The van der Waals surface area contributed by atoms with Gasteiger partial charge in [-0.25, -0.2) is 0 Å². The van der Waals surface area contributed by atoms with Crippen LogP contribution in [0.5, 0.6) is 0 Å². The number of nitrogens with zero attached hydrogens (tertiary/aromatic N) is 1. The molecule has 3 N–H and O–H groups in total. The van der Waals surface area contributed by atoms with Crippen LogP contribution in [-0.4, -0.2) is 35.0 Å². The largest absolute Gasteiger partial charge is 0.481 e. The van der Waals surface area contributed by atoms with Crippen LogP contribution in [0.2, 0.25) is 0 Å². The Morgan fingerprint density at radius 1 is 1.33 bits per heavy atom. The number of piperidine rings is 1. The average Bonchev–Trinajstić information content (AvgIpc) is 2.52. The first-order valence-corrected chi connectivity index (χ1v) is 7.39. The maximum Gasteiger partial charge on any atom is 0.303 e. The number of carboxylic acid groups (broad SMARTS) is 1. The summed E-state index contributed by atoms with van der Waals surface area (Å²) in [6.45, 7) is 1.33. The summed E-state index contributed by atoms with van der Waals surface area (Å²) >= 11 is 0. The lowest BCUT2D eigenvalue weighted by molar-refractivity contribution is -0.137. The molecule has 1 saturated heterocycles. The van der Waals surface area contributed by atoms with E-state index in [1.165, 1.54) is 0 Å². The van der Waals surface area contributed by atoms with Crippen molar-refractivity contribution in [2.75, 3.05) is 13.1 Å². The van der Waals surface area contributed by atoms with Crippen molar-refractivity contribution in [1.29, 1.82) is 0 Å². The number of amides is 1. The van der Waals surface area contributed by atoms with Crippen LogP contribution in [0.15, 0.2) is 30.3 Å². The lowest BCUT2D eigenvalue weighted by Gasteiger charge is -2.34. The lowest BCUT2D eigenvalue weighted by Crippen LogP contribution is -2.44. The second kappa shape index (κ2) is 7.22. The Kier molecular flexibility index (Phi) is 5.33. The van der Waals surface area contributed by atoms with Crippen LogP contribution in [0.1, 0.15) is 37.3 Å². The van der Waals surface area contributed by atoms with Crippen LogP contribution >= 0.6 is 0 Å². The van der Waals surface area contributed by atoms with Crippen LogP contribution in [0.3, 0.4) is 0 Å². The van der Waals surface area contributed by atoms with E-state index in [1.807, 2.05) is 30.3 Å². The third-order valence-corrected chi connectivity index (χ3v) is 4.02. The van der Waals surface area contributed by atoms with E-state index in [4.69, 9.17) is 10.8 Å². The van der Waals surface area contributed by atoms with Gasteiger partial charge in [0.05, 0.1) is 0 Å². The minimum atomic E-state index is -0.778. The van der Waals surface area contributed by atoms with Crippen molar-refractivity contribution in [3.63, 3.8) is 0 Å². The molecule has 1 aliphatic rings. The fraction of sp³-hybridized carbons (Fsp3) is 0.500. The van der Waals surface area contributed by atoms with Crippen molar-refractivity contribution in [2.24, 2.45) is 11.7 Å². The number of rotatable bonds is 5. The number of hydrogen-bond donors (Lipinski definition) is 2. The molecule has 2 rings (SSSR count). The summed E-state index contributed by atoms with van der Waals surface area (Å²) in [5.41, 5.74) is 6.87. The van der Waals surface area contributed by atoms with E-state index in [2.05, 4.69) is 0 Å². The normalized spacial score (nSPS) is 20.0. The third kappa shape index (κ3) is 4.29. The first kappa shape index (κ1) is 15.5. The number of benzene rings is 1. The summed E-state index contributed by atoms with van der Waals surface area (Å²) in [6, 6.07) is 8.71. The van der Waals surface area contributed by atoms with E-state index in [0.29, 0.717) is 19.5 Å². The lowest BCUT2D eigenvalue weighted by atomic mass is 9.92. The van der Waals surface area contributed by atoms with Crippen LogP contribution < -0.4 is 5.73 Å². The Hall–Kier alpha value is -1.88. The van der Waals surface area contributed by atoms with E-state index in [1.54, 1.807) is 4.90 Å². The monoisotopic (exact) mass is 290 g/mol. The molecule has 0 saturated carbocycles. The van der Waals surface area contributed by atoms with Gasteiger partial charge in [0.1, 0.15) is 6.04 Å². The number of carbonyl (C=O) groups excluding carboxylic acids is 1. The molecule has 1 aromatic rings. The summed E-state index contributed by atoms with van der Waals surface area (Å²) < 4.78 is 0. The van der Waals surface area contributed by atoms with Crippen molar-refractivity contribution in [1.82, 2.24) is 4.90 Å². The quantitative estimate of drug-likeness (QED) is 0.866. The molecule has 0 aliphatic carbocycles. The number of hydrogen-bond acceptors (Lipinski definition) is 3. The van der Waals surface area contributed by atoms with Crippen LogP contribution in [0.4, 0.5) is 0 Å². The van der Waals surface area contributed by atoms with Gasteiger partial charge < -0.3 is 15.7 Å². The van der Waals surface area contributed by atoms with Crippen molar-refractivity contribution < 1.29 is 14.7 Å². The standard InChI is InChI=1S/C16H22N2O3/c17-15(13-6-2-1-3-7-13)16(21)18-10-4-5-12(11-18)8-9-14(19)20/h1-3,6-7,12,15H,4-5,8-11,17H2,(H,19,20)/t12?,15-/m1/s1. The van der Waals surface area contributed by atoms with Gasteiger partial charge >= 0.3 is 5.97 Å². The summed E-state index contributed by atoms with van der Waals surface area (Å²) in [5, 5.41) is 8.76. The first-order chi connectivity index (χ1) is 10.1. The van der Waals surface area contributed by atoms with Gasteiger partial charge in [-0.15, -0.1) is 0 Å². The molecule has 1 amide bonds. The van der Waals surface area contributed by atoms with Crippen LogP contribution in [0, 0.1) is 5.92 Å². The number of aliphatic carboxylic acids is 1. The molecule has 1 fully saturated rings. The van der Waals surface area contributed by atoms with Gasteiger partial charge in [0.2, 0.25) is 5.91 Å². The van der Waals surface area contributed by atoms with Crippen molar-refractivity contribution in [2.45, 2.75) is 31.7 Å². The number of likely N-dealkylation sites (tertiary alicyclic amines) is 1. The summed E-state index contributed by atoms with van der Waals surface area (Å²) in [5.74, 6) is -0.581. The molecule has 5 heteroatoms. The molecule has 2 atom stereocenters. The highest BCUT2D eigenvalue weighted by molar-refractivity contribution is 5.83. The zero-order chi connectivity index (χ0) is 15.2. The third-order valence-electron chi connectivity index (χ3n) is 4.02. The smallest absolute Gasteiger partial charge is 0.303 e. The zero-order valence-electron chi connectivity index (χ0n) is 12.1. The van der Waals surface area contributed by atoms with E-state index in [9.17, 15) is 9.59 Å².